The number of piperidine rings is 1. The average molecular weight is 383 g/mol. The fraction of sp³-hybridized carbons (Fsp3) is 0.435. The first-order valence-electron chi connectivity index (χ1n) is 9.90. The average Bonchev–Trinajstić information content (AvgIpc) is 2.71. The summed E-state index contributed by atoms with van der Waals surface area (Å²) in [5.41, 5.74) is 2.34. The first-order chi connectivity index (χ1) is 13.5. The molecule has 1 amide bonds. The van der Waals surface area contributed by atoms with Crippen molar-refractivity contribution >= 4 is 5.91 Å². The Kier molecular flexibility index (Phi) is 6.70. The summed E-state index contributed by atoms with van der Waals surface area (Å²) < 4.78 is 5.27. The molecular weight excluding hydrogens is 352 g/mol. The smallest absolute Gasteiger partial charge is 0.224 e. The van der Waals surface area contributed by atoms with Gasteiger partial charge in [-0.2, -0.15) is 0 Å². The third kappa shape index (κ3) is 5.33. The zero-order valence-corrected chi connectivity index (χ0v) is 16.8. The summed E-state index contributed by atoms with van der Waals surface area (Å²) in [6.45, 7) is 5.08. The van der Waals surface area contributed by atoms with Crippen LogP contribution >= 0.6 is 0 Å². The van der Waals surface area contributed by atoms with Gasteiger partial charge in [0.1, 0.15) is 5.75 Å². The molecule has 5 nitrogen and oxygen atoms in total. The Morgan fingerprint density at radius 1 is 1.18 bits per heavy atom. The maximum Gasteiger partial charge on any atom is 0.224 e. The molecule has 0 aromatic heterocycles. The van der Waals surface area contributed by atoms with E-state index in [9.17, 15) is 9.90 Å². The van der Waals surface area contributed by atoms with E-state index in [0.717, 1.165) is 36.5 Å². The molecule has 0 spiro atoms. The number of aliphatic hydroxyl groups is 1. The third-order valence-electron chi connectivity index (χ3n) is 5.53. The third-order valence-corrected chi connectivity index (χ3v) is 5.53. The van der Waals surface area contributed by atoms with Crippen LogP contribution in [-0.2, 0) is 16.8 Å². The predicted molar refractivity (Wildman–Crippen MR) is 110 cm³/mol. The van der Waals surface area contributed by atoms with Crippen LogP contribution in [0.5, 0.6) is 5.75 Å². The molecule has 0 saturated carbocycles. The lowest BCUT2D eigenvalue weighted by Crippen LogP contribution is -2.45. The summed E-state index contributed by atoms with van der Waals surface area (Å²) in [6, 6.07) is 15.7. The van der Waals surface area contributed by atoms with Crippen molar-refractivity contribution in [3.05, 3.63) is 65.2 Å². The van der Waals surface area contributed by atoms with Crippen LogP contribution in [0.3, 0.4) is 0 Å². The van der Waals surface area contributed by atoms with Gasteiger partial charge >= 0.3 is 0 Å². The van der Waals surface area contributed by atoms with Crippen molar-refractivity contribution in [3.8, 4) is 5.75 Å². The van der Waals surface area contributed by atoms with Crippen molar-refractivity contribution in [2.45, 2.75) is 31.8 Å². The van der Waals surface area contributed by atoms with Crippen molar-refractivity contribution in [1.82, 2.24) is 10.2 Å². The van der Waals surface area contributed by atoms with E-state index >= 15 is 0 Å². The Labute approximate surface area is 167 Å². The monoisotopic (exact) mass is 382 g/mol. The van der Waals surface area contributed by atoms with Crippen molar-refractivity contribution in [3.63, 3.8) is 0 Å². The first-order valence-corrected chi connectivity index (χ1v) is 9.90. The molecule has 3 rings (SSSR count). The number of ether oxygens (including phenoxy) is 1. The van der Waals surface area contributed by atoms with Gasteiger partial charge in [0.25, 0.3) is 0 Å². The molecule has 1 heterocycles. The van der Waals surface area contributed by atoms with E-state index in [2.05, 4.69) is 10.2 Å². The summed E-state index contributed by atoms with van der Waals surface area (Å²) in [7, 11) is 1.64. The van der Waals surface area contributed by atoms with Crippen LogP contribution < -0.4 is 10.1 Å². The molecule has 2 aromatic rings. The summed E-state index contributed by atoms with van der Waals surface area (Å²) in [4.78, 5) is 14.4. The van der Waals surface area contributed by atoms with Crippen molar-refractivity contribution in [2.75, 3.05) is 33.3 Å². The molecule has 5 heteroatoms. The van der Waals surface area contributed by atoms with Crippen LogP contribution in [0.4, 0.5) is 0 Å². The highest BCUT2D eigenvalue weighted by atomic mass is 16.5. The lowest BCUT2D eigenvalue weighted by atomic mass is 9.84. The number of aryl methyl sites for hydroxylation is 1. The molecule has 0 aliphatic carbocycles. The molecule has 2 N–H and O–H groups in total. The van der Waals surface area contributed by atoms with Gasteiger partial charge in [0.05, 0.1) is 19.1 Å². The predicted octanol–water partition coefficient (Wildman–Crippen LogP) is 2.65. The zero-order chi connectivity index (χ0) is 20.0. The normalized spacial score (nSPS) is 16.5. The Hall–Kier alpha value is -2.37. The molecule has 1 aliphatic heterocycles. The van der Waals surface area contributed by atoms with Gasteiger partial charge in [-0.3, -0.25) is 4.79 Å². The summed E-state index contributed by atoms with van der Waals surface area (Å²) >= 11 is 0. The second-order valence-electron chi connectivity index (χ2n) is 7.62. The lowest BCUT2D eigenvalue weighted by molar-refractivity contribution is -0.120. The van der Waals surface area contributed by atoms with Crippen LogP contribution in [-0.4, -0.2) is 49.2 Å². The minimum absolute atomic E-state index is 0.0498. The van der Waals surface area contributed by atoms with Crippen LogP contribution in [0.25, 0.3) is 0 Å². The van der Waals surface area contributed by atoms with E-state index in [4.69, 9.17) is 4.74 Å². The second kappa shape index (κ2) is 9.22. The van der Waals surface area contributed by atoms with E-state index in [-0.39, 0.29) is 5.91 Å². The first kappa shape index (κ1) is 20.4. The lowest BCUT2D eigenvalue weighted by Gasteiger charge is -2.38. The SMILES string of the molecule is COc1cccc(C2(O)CCN(CCNC(=O)Cc3ccc(C)cc3)CC2)c1. The molecule has 150 valence electrons. The largest absolute Gasteiger partial charge is 0.497 e. The van der Waals surface area contributed by atoms with Gasteiger partial charge in [-0.25, -0.2) is 0 Å². The standard InChI is InChI=1S/C23H30N2O3/c1-18-6-8-19(9-7-18)16-22(26)24-12-15-25-13-10-23(27,11-14-25)20-4-3-5-21(17-20)28-2/h3-9,17,27H,10-16H2,1-2H3,(H,24,26). The molecule has 1 aliphatic rings. The number of amides is 1. The van der Waals surface area contributed by atoms with Crippen molar-refractivity contribution in [1.29, 1.82) is 0 Å². The molecular formula is C23H30N2O3. The summed E-state index contributed by atoms with van der Waals surface area (Å²) in [5.74, 6) is 0.818. The minimum atomic E-state index is -0.806. The quantitative estimate of drug-likeness (QED) is 0.773. The van der Waals surface area contributed by atoms with E-state index in [1.54, 1.807) is 7.11 Å². The molecule has 0 atom stereocenters. The topological polar surface area (TPSA) is 61.8 Å². The van der Waals surface area contributed by atoms with Gasteiger partial charge in [-0.1, -0.05) is 42.0 Å². The van der Waals surface area contributed by atoms with Crippen LogP contribution in [0.15, 0.2) is 48.5 Å². The van der Waals surface area contributed by atoms with E-state index in [0.29, 0.717) is 25.8 Å². The molecule has 1 saturated heterocycles. The second-order valence-corrected chi connectivity index (χ2v) is 7.62. The summed E-state index contributed by atoms with van der Waals surface area (Å²) in [6.07, 6.45) is 1.77. The number of hydrogen-bond acceptors (Lipinski definition) is 4. The molecule has 0 bridgehead atoms. The highest BCUT2D eigenvalue weighted by molar-refractivity contribution is 5.78. The number of hydrogen-bond donors (Lipinski definition) is 2. The van der Waals surface area contributed by atoms with Crippen LogP contribution in [0.2, 0.25) is 0 Å². The zero-order valence-electron chi connectivity index (χ0n) is 16.8. The van der Waals surface area contributed by atoms with Gasteiger partial charge in [-0.15, -0.1) is 0 Å². The molecule has 0 unspecified atom stereocenters. The van der Waals surface area contributed by atoms with Crippen molar-refractivity contribution in [2.24, 2.45) is 0 Å². The number of methoxy groups -OCH3 is 1. The number of benzene rings is 2. The maximum absolute atomic E-state index is 12.1. The Balaban J connectivity index is 1.41. The van der Waals surface area contributed by atoms with Crippen molar-refractivity contribution < 1.29 is 14.6 Å². The van der Waals surface area contributed by atoms with Gasteiger partial charge in [-0.05, 0) is 43.0 Å². The van der Waals surface area contributed by atoms with Gasteiger partial charge in [0.2, 0.25) is 5.91 Å². The number of nitrogens with zero attached hydrogens (tertiary/aromatic N) is 1. The number of nitrogens with one attached hydrogen (secondary N) is 1. The highest BCUT2D eigenvalue weighted by Gasteiger charge is 2.34. The van der Waals surface area contributed by atoms with Crippen LogP contribution in [0, 0.1) is 6.92 Å². The van der Waals surface area contributed by atoms with Crippen LogP contribution in [0.1, 0.15) is 29.5 Å². The van der Waals surface area contributed by atoms with Gasteiger partial charge < -0.3 is 20.1 Å². The number of carbonyl (C=O) groups excluding carboxylic acids is 1. The number of rotatable bonds is 7. The Bertz CT molecular complexity index is 781. The maximum atomic E-state index is 12.1. The minimum Gasteiger partial charge on any atom is -0.497 e. The Morgan fingerprint density at radius 2 is 1.89 bits per heavy atom. The molecule has 2 aromatic carbocycles. The van der Waals surface area contributed by atoms with E-state index in [1.807, 2.05) is 55.5 Å². The Morgan fingerprint density at radius 3 is 2.57 bits per heavy atom. The fourth-order valence-corrected chi connectivity index (χ4v) is 3.66. The van der Waals surface area contributed by atoms with E-state index in [1.165, 1.54) is 5.56 Å². The number of likely N-dealkylation sites (tertiary alicyclic amines) is 1. The fourth-order valence-electron chi connectivity index (χ4n) is 3.66. The molecule has 1 fully saturated rings. The van der Waals surface area contributed by atoms with Gasteiger partial charge in [0, 0.05) is 26.2 Å². The van der Waals surface area contributed by atoms with Gasteiger partial charge in [0.15, 0.2) is 0 Å². The number of carbonyl (C=O) groups is 1. The van der Waals surface area contributed by atoms with E-state index < -0.39 is 5.60 Å². The molecule has 0 radical (unpaired) electrons. The molecule has 28 heavy (non-hydrogen) atoms. The summed E-state index contributed by atoms with van der Waals surface area (Å²) in [5, 5.41) is 14.0. The highest BCUT2D eigenvalue weighted by Crippen LogP contribution is 2.34.